The zero-order chi connectivity index (χ0) is 22.0. The van der Waals surface area contributed by atoms with Crippen LogP contribution in [0.5, 0.6) is 0 Å². The largest absolute Gasteiger partial charge is 0.206 e. The third-order valence-corrected chi connectivity index (χ3v) is 5.79. The lowest BCUT2D eigenvalue weighted by Crippen LogP contribution is -1.95. The number of fused-ring (bicyclic) bond motifs is 3. The molecule has 1 nitrogen and oxygen atoms in total. The van der Waals surface area contributed by atoms with Gasteiger partial charge >= 0.3 is 0 Å². The van der Waals surface area contributed by atoms with E-state index in [-0.39, 0.29) is 22.1 Å². The highest BCUT2D eigenvalue weighted by Gasteiger charge is 2.18. The Hall–Kier alpha value is -3.32. The van der Waals surface area contributed by atoms with Gasteiger partial charge in [-0.25, -0.2) is 13.2 Å². The van der Waals surface area contributed by atoms with Gasteiger partial charge in [-0.3, -0.25) is 0 Å². The van der Waals surface area contributed by atoms with Gasteiger partial charge in [0.1, 0.15) is 23.5 Å². The molecular weight excluding hydrogens is 395 g/mol. The molecule has 0 atom stereocenters. The number of halogens is 3. The molecule has 0 aliphatic heterocycles. The molecule has 0 saturated heterocycles. The number of rotatable bonds is 6. The molecule has 0 saturated carbocycles. The van der Waals surface area contributed by atoms with Crippen molar-refractivity contribution in [3.63, 3.8) is 0 Å². The fourth-order valence-electron chi connectivity index (χ4n) is 4.13. The van der Waals surface area contributed by atoms with Crippen molar-refractivity contribution in [2.45, 2.75) is 39.0 Å². The first kappa shape index (κ1) is 20.9. The molecule has 0 aliphatic rings. The van der Waals surface area contributed by atoms with Crippen molar-refractivity contribution in [2.24, 2.45) is 0 Å². The summed E-state index contributed by atoms with van der Waals surface area (Å²) in [6, 6.07) is 16.1. The highest BCUT2D eigenvalue weighted by atomic mass is 19.1. The van der Waals surface area contributed by atoms with Gasteiger partial charge in [0.2, 0.25) is 0 Å². The van der Waals surface area contributed by atoms with Crippen molar-refractivity contribution in [3.8, 4) is 17.2 Å². The molecule has 0 fully saturated rings. The van der Waals surface area contributed by atoms with Crippen LogP contribution in [0.25, 0.3) is 32.7 Å². The lowest BCUT2D eigenvalue weighted by Gasteiger charge is -2.12. The van der Waals surface area contributed by atoms with E-state index in [2.05, 4.69) is 13.0 Å². The Labute approximate surface area is 179 Å². The zero-order valence-corrected chi connectivity index (χ0v) is 17.3. The van der Waals surface area contributed by atoms with Gasteiger partial charge in [-0.2, -0.15) is 5.26 Å². The minimum absolute atomic E-state index is 0.0657. The first-order valence-electron chi connectivity index (χ1n) is 10.6. The molecule has 0 spiro atoms. The van der Waals surface area contributed by atoms with E-state index in [4.69, 9.17) is 5.26 Å². The molecule has 31 heavy (non-hydrogen) atoms. The summed E-state index contributed by atoms with van der Waals surface area (Å²) in [5, 5.41) is 11.4. The number of hydrogen-bond acceptors (Lipinski definition) is 1. The Bertz CT molecular complexity index is 1320. The van der Waals surface area contributed by atoms with Crippen molar-refractivity contribution in [3.05, 3.63) is 83.2 Å². The molecule has 0 unspecified atom stereocenters. The Morgan fingerprint density at radius 2 is 1.58 bits per heavy atom. The standard InChI is InChI=1S/C27H22F3N/c1-2-3-4-5-6-17-7-11-21-18(13-17)10-12-22-23(21)15-25(29)26(27(22)30)19-8-9-20(16-31)24(28)14-19/h7-15H,2-6H2,1H3. The average molecular weight is 417 g/mol. The molecule has 4 aromatic rings. The van der Waals surface area contributed by atoms with E-state index in [9.17, 15) is 8.78 Å². The van der Waals surface area contributed by atoms with Gasteiger partial charge in [0.25, 0.3) is 0 Å². The molecule has 0 bridgehead atoms. The number of hydrogen-bond donors (Lipinski definition) is 0. The fourth-order valence-corrected chi connectivity index (χ4v) is 4.13. The lowest BCUT2D eigenvalue weighted by molar-refractivity contribution is 0.597. The van der Waals surface area contributed by atoms with Crippen LogP contribution < -0.4 is 0 Å². The maximum Gasteiger partial charge on any atom is 0.141 e. The fraction of sp³-hybridized carbons (Fsp3) is 0.222. The van der Waals surface area contributed by atoms with E-state index in [1.54, 1.807) is 12.1 Å². The summed E-state index contributed by atoms with van der Waals surface area (Å²) in [7, 11) is 0. The van der Waals surface area contributed by atoms with Crippen molar-refractivity contribution < 1.29 is 13.2 Å². The van der Waals surface area contributed by atoms with Crippen LogP contribution in [-0.2, 0) is 6.42 Å². The maximum atomic E-state index is 15.3. The summed E-state index contributed by atoms with van der Waals surface area (Å²) >= 11 is 0. The summed E-state index contributed by atoms with van der Waals surface area (Å²) < 4.78 is 44.4. The van der Waals surface area contributed by atoms with Crippen LogP contribution in [0.3, 0.4) is 0 Å². The van der Waals surface area contributed by atoms with Gasteiger partial charge in [0.05, 0.1) is 11.1 Å². The zero-order valence-electron chi connectivity index (χ0n) is 17.3. The van der Waals surface area contributed by atoms with Crippen molar-refractivity contribution in [1.29, 1.82) is 5.26 Å². The molecule has 4 rings (SSSR count). The first-order valence-corrected chi connectivity index (χ1v) is 10.6. The molecular formula is C27H22F3N. The van der Waals surface area contributed by atoms with Crippen LogP contribution in [0.4, 0.5) is 13.2 Å². The van der Waals surface area contributed by atoms with E-state index >= 15 is 4.39 Å². The molecule has 0 aromatic heterocycles. The number of nitrogens with zero attached hydrogens (tertiary/aromatic N) is 1. The van der Waals surface area contributed by atoms with E-state index < -0.39 is 17.5 Å². The summed E-state index contributed by atoms with van der Waals surface area (Å²) in [5.74, 6) is -2.29. The van der Waals surface area contributed by atoms with Crippen LogP contribution in [-0.4, -0.2) is 0 Å². The highest BCUT2D eigenvalue weighted by molar-refractivity contribution is 6.09. The molecule has 4 aromatic carbocycles. The van der Waals surface area contributed by atoms with Crippen LogP contribution in [0, 0.1) is 28.8 Å². The smallest absolute Gasteiger partial charge is 0.141 e. The molecule has 0 amide bonds. The second-order valence-electron chi connectivity index (χ2n) is 7.88. The second-order valence-corrected chi connectivity index (χ2v) is 7.88. The minimum Gasteiger partial charge on any atom is -0.206 e. The Kier molecular flexibility index (Phi) is 5.95. The third kappa shape index (κ3) is 4.01. The van der Waals surface area contributed by atoms with E-state index in [0.717, 1.165) is 29.7 Å². The highest BCUT2D eigenvalue weighted by Crippen LogP contribution is 2.36. The number of aryl methyl sites for hydroxylation is 1. The maximum absolute atomic E-state index is 15.3. The Morgan fingerprint density at radius 1 is 0.774 bits per heavy atom. The number of benzene rings is 4. The van der Waals surface area contributed by atoms with Gasteiger partial charge in [-0.15, -0.1) is 0 Å². The third-order valence-electron chi connectivity index (χ3n) is 5.79. The van der Waals surface area contributed by atoms with Crippen molar-refractivity contribution in [1.82, 2.24) is 0 Å². The van der Waals surface area contributed by atoms with Crippen LogP contribution in [0.1, 0.15) is 43.7 Å². The topological polar surface area (TPSA) is 23.8 Å². The summed E-state index contributed by atoms with van der Waals surface area (Å²) in [6.07, 6.45) is 5.72. The van der Waals surface area contributed by atoms with Gasteiger partial charge in [-0.05, 0) is 58.3 Å². The van der Waals surface area contributed by atoms with Gasteiger partial charge in [0, 0.05) is 5.39 Å². The van der Waals surface area contributed by atoms with Gasteiger partial charge in [-0.1, -0.05) is 62.6 Å². The lowest BCUT2D eigenvalue weighted by atomic mass is 9.94. The summed E-state index contributed by atoms with van der Waals surface area (Å²) in [6.45, 7) is 2.18. The first-order chi connectivity index (χ1) is 15.0. The second kappa shape index (κ2) is 8.81. The molecule has 0 heterocycles. The average Bonchev–Trinajstić information content (AvgIpc) is 2.76. The Balaban J connectivity index is 1.78. The van der Waals surface area contributed by atoms with E-state index in [1.165, 1.54) is 43.0 Å². The van der Waals surface area contributed by atoms with Crippen LogP contribution in [0.2, 0.25) is 0 Å². The molecule has 0 N–H and O–H groups in total. The Morgan fingerprint density at radius 3 is 2.32 bits per heavy atom. The monoisotopic (exact) mass is 417 g/mol. The normalized spacial score (nSPS) is 11.2. The van der Waals surface area contributed by atoms with Gasteiger partial charge < -0.3 is 0 Å². The summed E-state index contributed by atoms with van der Waals surface area (Å²) in [5.41, 5.74) is 0.828. The number of unbranched alkanes of at least 4 members (excludes halogenated alkanes) is 3. The quantitative estimate of drug-likeness (QED) is 0.230. The van der Waals surface area contributed by atoms with Crippen molar-refractivity contribution >= 4 is 21.5 Å². The predicted octanol–water partition coefficient (Wildman–Crippen LogP) is 8.07. The van der Waals surface area contributed by atoms with Crippen molar-refractivity contribution in [2.75, 3.05) is 0 Å². The molecule has 0 radical (unpaired) electrons. The van der Waals surface area contributed by atoms with E-state index in [0.29, 0.717) is 5.39 Å². The number of nitriles is 1. The minimum atomic E-state index is -0.802. The SMILES string of the molecule is CCCCCCc1ccc2c(ccc3c(F)c(-c4ccc(C#N)c(F)c4)c(F)cc32)c1. The van der Waals surface area contributed by atoms with Gasteiger partial charge in [0.15, 0.2) is 0 Å². The molecule has 156 valence electrons. The van der Waals surface area contributed by atoms with Crippen LogP contribution in [0.15, 0.2) is 54.6 Å². The van der Waals surface area contributed by atoms with Crippen LogP contribution >= 0.6 is 0 Å². The predicted molar refractivity (Wildman–Crippen MR) is 119 cm³/mol. The summed E-state index contributed by atoms with van der Waals surface area (Å²) in [4.78, 5) is 0. The molecule has 0 aliphatic carbocycles. The van der Waals surface area contributed by atoms with E-state index in [1.807, 2.05) is 18.2 Å². The molecule has 4 heteroatoms.